The molecule has 0 aliphatic rings. The molecule has 2 aromatic carbocycles. The van der Waals surface area contributed by atoms with Crippen LogP contribution in [0.1, 0.15) is 6.42 Å². The van der Waals surface area contributed by atoms with Gasteiger partial charge >= 0.3 is 0 Å². The predicted molar refractivity (Wildman–Crippen MR) is 97.7 cm³/mol. The molecule has 9 heteroatoms. The van der Waals surface area contributed by atoms with Crippen molar-refractivity contribution in [3.63, 3.8) is 0 Å². The Morgan fingerprint density at radius 1 is 0.625 bits per heavy atom. The van der Waals surface area contributed by atoms with E-state index in [-0.39, 0.29) is 40.1 Å². The molecule has 0 aliphatic heterocycles. The smallest absolute Gasteiger partial charge is 0.178 e. The van der Waals surface area contributed by atoms with Crippen molar-refractivity contribution in [1.29, 1.82) is 0 Å². The Bertz CT molecular complexity index is 803. The maximum absolute atomic E-state index is 12.2. The fourth-order valence-corrected chi connectivity index (χ4v) is 4.83. The summed E-state index contributed by atoms with van der Waals surface area (Å²) in [5, 5.41) is 0. The number of hydrogen-bond donors (Lipinski definition) is 2. The van der Waals surface area contributed by atoms with Gasteiger partial charge in [0, 0.05) is 11.4 Å². The van der Waals surface area contributed by atoms with Gasteiger partial charge in [0.05, 0.1) is 21.3 Å². The molecule has 0 fully saturated rings. The number of anilines is 2. The van der Waals surface area contributed by atoms with Crippen LogP contribution in [0.4, 0.5) is 11.4 Å². The molecule has 0 aromatic heterocycles. The summed E-state index contributed by atoms with van der Waals surface area (Å²) in [5.41, 5.74) is 12.0. The van der Waals surface area contributed by atoms with E-state index in [2.05, 4.69) is 0 Å². The maximum Gasteiger partial charge on any atom is 0.178 e. The molecule has 2 aromatic rings. The first-order chi connectivity index (χ1) is 10.7. The van der Waals surface area contributed by atoms with Crippen molar-refractivity contribution in [3.05, 3.63) is 48.5 Å². The van der Waals surface area contributed by atoms with Crippen molar-refractivity contribution < 1.29 is 16.8 Å². The van der Waals surface area contributed by atoms with Gasteiger partial charge in [0.15, 0.2) is 19.7 Å². The first-order valence-corrected chi connectivity index (χ1v) is 10.2. The molecule has 0 unspecified atom stereocenters. The van der Waals surface area contributed by atoms with Gasteiger partial charge in [0.2, 0.25) is 0 Å². The highest BCUT2D eigenvalue weighted by Crippen LogP contribution is 2.17. The van der Waals surface area contributed by atoms with Crippen LogP contribution < -0.4 is 11.5 Å². The van der Waals surface area contributed by atoms with Crippen LogP contribution >= 0.6 is 12.4 Å². The lowest BCUT2D eigenvalue weighted by Gasteiger charge is -2.07. The van der Waals surface area contributed by atoms with Crippen LogP contribution in [0.25, 0.3) is 0 Å². The van der Waals surface area contributed by atoms with Crippen LogP contribution in [-0.4, -0.2) is 28.3 Å². The summed E-state index contributed by atoms with van der Waals surface area (Å²) in [4.78, 5) is 0.271. The van der Waals surface area contributed by atoms with Crippen molar-refractivity contribution in [2.24, 2.45) is 0 Å². The van der Waals surface area contributed by atoms with Gasteiger partial charge in [-0.25, -0.2) is 16.8 Å². The number of hydrogen-bond acceptors (Lipinski definition) is 6. The quantitative estimate of drug-likeness (QED) is 0.727. The average molecular weight is 391 g/mol. The number of rotatable bonds is 6. The van der Waals surface area contributed by atoms with Crippen LogP contribution in [0.15, 0.2) is 58.3 Å². The van der Waals surface area contributed by atoms with E-state index in [1.807, 2.05) is 0 Å². The fraction of sp³-hybridized carbons (Fsp3) is 0.200. The molecule has 6 nitrogen and oxygen atoms in total. The molecule has 0 saturated carbocycles. The van der Waals surface area contributed by atoms with E-state index < -0.39 is 19.7 Å². The summed E-state index contributed by atoms with van der Waals surface area (Å²) in [6.07, 6.45) is 0.0133. The first-order valence-electron chi connectivity index (χ1n) is 6.87. The molecular weight excluding hydrogens is 372 g/mol. The summed E-state index contributed by atoms with van der Waals surface area (Å²) in [5.74, 6) is -0.490. The molecule has 0 radical (unpaired) electrons. The second kappa shape index (κ2) is 7.87. The third kappa shape index (κ3) is 5.12. The lowest BCUT2D eigenvalue weighted by atomic mass is 10.3. The van der Waals surface area contributed by atoms with Gasteiger partial charge < -0.3 is 11.5 Å². The molecule has 132 valence electrons. The zero-order valence-electron chi connectivity index (χ0n) is 12.8. The summed E-state index contributed by atoms with van der Waals surface area (Å²) in [6, 6.07) is 11.7. The lowest BCUT2D eigenvalue weighted by Crippen LogP contribution is -2.13. The summed E-state index contributed by atoms with van der Waals surface area (Å²) < 4.78 is 48.6. The Labute approximate surface area is 148 Å². The molecule has 24 heavy (non-hydrogen) atoms. The molecule has 0 spiro atoms. The minimum atomic E-state index is -3.53. The Kier molecular flexibility index (Phi) is 6.65. The second-order valence-electron chi connectivity index (χ2n) is 5.13. The van der Waals surface area contributed by atoms with Crippen LogP contribution in [0.5, 0.6) is 0 Å². The van der Waals surface area contributed by atoms with Crippen LogP contribution in [0.2, 0.25) is 0 Å². The zero-order valence-corrected chi connectivity index (χ0v) is 15.2. The summed E-state index contributed by atoms with van der Waals surface area (Å²) in [7, 11) is -7.06. The zero-order chi connectivity index (χ0) is 17.1. The number of nitrogens with two attached hydrogens (primary N) is 2. The predicted octanol–water partition coefficient (Wildman–Crippen LogP) is 1.91. The van der Waals surface area contributed by atoms with E-state index in [0.717, 1.165) is 0 Å². The third-order valence-corrected chi connectivity index (χ3v) is 6.94. The van der Waals surface area contributed by atoms with E-state index in [1.165, 1.54) is 48.5 Å². The first kappa shape index (κ1) is 20.3. The van der Waals surface area contributed by atoms with Crippen molar-refractivity contribution in [2.75, 3.05) is 23.0 Å². The van der Waals surface area contributed by atoms with E-state index in [4.69, 9.17) is 11.5 Å². The monoisotopic (exact) mass is 390 g/mol. The van der Waals surface area contributed by atoms with Gasteiger partial charge in [0.25, 0.3) is 0 Å². The summed E-state index contributed by atoms with van der Waals surface area (Å²) >= 11 is 0. The average Bonchev–Trinajstić information content (AvgIpc) is 2.47. The molecule has 0 amide bonds. The van der Waals surface area contributed by atoms with Gasteiger partial charge in [-0.05, 0) is 55.0 Å². The molecule has 0 aliphatic carbocycles. The van der Waals surface area contributed by atoms with Crippen molar-refractivity contribution in [2.45, 2.75) is 16.2 Å². The topological polar surface area (TPSA) is 120 Å². The van der Waals surface area contributed by atoms with Crippen molar-refractivity contribution >= 4 is 43.5 Å². The van der Waals surface area contributed by atoms with Crippen LogP contribution in [0, 0.1) is 0 Å². The van der Waals surface area contributed by atoms with E-state index in [1.54, 1.807) is 0 Å². The Hall–Kier alpha value is -1.77. The lowest BCUT2D eigenvalue weighted by molar-refractivity contribution is 0.590. The standard InChI is InChI=1S/C15H18N2O4S2.ClH/c16-12-2-6-14(7-3-12)22(18,19)10-1-11-23(20,21)15-8-4-13(17)5-9-15;/h2-9H,1,10-11,16-17H2;1H. The van der Waals surface area contributed by atoms with Gasteiger partial charge in [-0.3, -0.25) is 0 Å². The van der Waals surface area contributed by atoms with E-state index in [9.17, 15) is 16.8 Å². The van der Waals surface area contributed by atoms with Gasteiger partial charge in [-0.2, -0.15) is 0 Å². The SMILES string of the molecule is Cl.Nc1ccc(S(=O)(=O)CCCS(=O)(=O)c2ccc(N)cc2)cc1. The van der Waals surface area contributed by atoms with Gasteiger partial charge in [-0.15, -0.1) is 12.4 Å². The highest BCUT2D eigenvalue weighted by atomic mass is 35.5. The molecule has 0 heterocycles. The largest absolute Gasteiger partial charge is 0.399 e. The third-order valence-electron chi connectivity index (χ3n) is 3.30. The highest BCUT2D eigenvalue weighted by Gasteiger charge is 2.18. The molecule has 4 N–H and O–H groups in total. The Morgan fingerprint density at radius 3 is 1.21 bits per heavy atom. The number of halogens is 1. The fourth-order valence-electron chi connectivity index (χ4n) is 2.02. The molecular formula is C15H19ClN2O4S2. The molecule has 0 saturated heterocycles. The Morgan fingerprint density at radius 2 is 0.917 bits per heavy atom. The van der Waals surface area contributed by atoms with Crippen LogP contribution in [0.3, 0.4) is 0 Å². The van der Waals surface area contributed by atoms with E-state index >= 15 is 0 Å². The number of benzene rings is 2. The van der Waals surface area contributed by atoms with Crippen molar-refractivity contribution in [1.82, 2.24) is 0 Å². The van der Waals surface area contributed by atoms with Crippen LogP contribution in [-0.2, 0) is 19.7 Å². The van der Waals surface area contributed by atoms with E-state index in [0.29, 0.717) is 11.4 Å². The Balaban J connectivity index is 0.00000288. The summed E-state index contributed by atoms with van der Waals surface area (Å²) in [6.45, 7) is 0. The molecule has 0 bridgehead atoms. The number of nitrogen functional groups attached to an aromatic ring is 2. The molecule has 0 atom stereocenters. The van der Waals surface area contributed by atoms with Gasteiger partial charge in [-0.1, -0.05) is 0 Å². The minimum Gasteiger partial charge on any atom is -0.399 e. The second-order valence-corrected chi connectivity index (χ2v) is 9.35. The van der Waals surface area contributed by atoms with Crippen molar-refractivity contribution in [3.8, 4) is 0 Å². The molecule has 2 rings (SSSR count). The maximum atomic E-state index is 12.2. The minimum absolute atomic E-state index is 0. The highest BCUT2D eigenvalue weighted by molar-refractivity contribution is 7.92. The normalized spacial score (nSPS) is 11.7. The van der Waals surface area contributed by atoms with Gasteiger partial charge in [0.1, 0.15) is 0 Å². The number of sulfone groups is 2.